The van der Waals surface area contributed by atoms with Gasteiger partial charge in [0.05, 0.1) is 5.02 Å². The van der Waals surface area contributed by atoms with Crippen LogP contribution < -0.4 is 0 Å². The lowest BCUT2D eigenvalue weighted by molar-refractivity contribution is 0.661. The van der Waals surface area contributed by atoms with Crippen LogP contribution in [0.5, 0.6) is 0 Å². The minimum absolute atomic E-state index is 0.630. The molecular formula is C9H11BrClN. The molecule has 1 atom stereocenters. The SMILES string of the molecule is CC(CBr)Cc1cncc(Cl)c1. The third kappa shape index (κ3) is 3.11. The molecule has 3 heteroatoms. The van der Waals surface area contributed by atoms with Crippen molar-refractivity contribution in [2.75, 3.05) is 5.33 Å². The standard InChI is InChI=1S/C9H11BrClN/c1-7(4-10)2-8-3-9(11)6-12-5-8/h3,5-7H,2,4H2,1H3. The smallest absolute Gasteiger partial charge is 0.0592 e. The summed E-state index contributed by atoms with van der Waals surface area (Å²) in [6, 6.07) is 1.97. The van der Waals surface area contributed by atoms with Gasteiger partial charge in [-0.1, -0.05) is 34.5 Å². The van der Waals surface area contributed by atoms with E-state index in [1.165, 1.54) is 5.56 Å². The summed E-state index contributed by atoms with van der Waals surface area (Å²) >= 11 is 9.23. The highest BCUT2D eigenvalue weighted by molar-refractivity contribution is 9.09. The van der Waals surface area contributed by atoms with E-state index in [2.05, 4.69) is 27.8 Å². The number of alkyl halides is 1. The summed E-state index contributed by atoms with van der Waals surface area (Å²) in [7, 11) is 0. The van der Waals surface area contributed by atoms with Crippen LogP contribution in [0.15, 0.2) is 18.5 Å². The van der Waals surface area contributed by atoms with Crippen LogP contribution in [0, 0.1) is 5.92 Å². The van der Waals surface area contributed by atoms with E-state index in [9.17, 15) is 0 Å². The normalized spacial score (nSPS) is 12.9. The summed E-state index contributed by atoms with van der Waals surface area (Å²) in [5.41, 5.74) is 1.20. The van der Waals surface area contributed by atoms with E-state index >= 15 is 0 Å². The molecule has 1 heterocycles. The predicted molar refractivity (Wildman–Crippen MR) is 55.9 cm³/mol. The maximum atomic E-state index is 5.80. The van der Waals surface area contributed by atoms with Crippen molar-refractivity contribution in [3.8, 4) is 0 Å². The van der Waals surface area contributed by atoms with Crippen molar-refractivity contribution in [3.05, 3.63) is 29.0 Å². The minimum Gasteiger partial charge on any atom is -0.263 e. The molecule has 12 heavy (non-hydrogen) atoms. The second-order valence-corrected chi connectivity index (χ2v) is 4.06. The molecule has 0 bridgehead atoms. The van der Waals surface area contributed by atoms with Crippen molar-refractivity contribution in [3.63, 3.8) is 0 Å². The lowest BCUT2D eigenvalue weighted by Crippen LogP contribution is -2.00. The Morgan fingerprint density at radius 2 is 2.33 bits per heavy atom. The fourth-order valence-corrected chi connectivity index (χ4v) is 1.45. The van der Waals surface area contributed by atoms with Gasteiger partial charge in [-0.25, -0.2) is 0 Å². The molecule has 1 unspecified atom stereocenters. The first kappa shape index (κ1) is 10.0. The van der Waals surface area contributed by atoms with Crippen molar-refractivity contribution in [1.29, 1.82) is 0 Å². The fourth-order valence-electron chi connectivity index (χ4n) is 1.02. The van der Waals surface area contributed by atoms with Crippen LogP contribution in [0.4, 0.5) is 0 Å². The third-order valence-corrected chi connectivity index (χ3v) is 2.92. The van der Waals surface area contributed by atoms with Gasteiger partial charge in [-0.15, -0.1) is 0 Å². The van der Waals surface area contributed by atoms with E-state index in [1.807, 2.05) is 12.3 Å². The van der Waals surface area contributed by atoms with Gasteiger partial charge in [0.25, 0.3) is 0 Å². The molecule has 1 nitrogen and oxygen atoms in total. The summed E-state index contributed by atoms with van der Waals surface area (Å²) in [4.78, 5) is 4.02. The average Bonchev–Trinajstić information content (AvgIpc) is 2.04. The Bertz CT molecular complexity index is 252. The molecule has 1 aromatic rings. The molecule has 0 saturated heterocycles. The Morgan fingerprint density at radius 3 is 2.92 bits per heavy atom. The van der Waals surface area contributed by atoms with E-state index in [-0.39, 0.29) is 0 Å². The molecule has 66 valence electrons. The molecule has 0 N–H and O–H groups in total. The zero-order chi connectivity index (χ0) is 8.97. The van der Waals surface area contributed by atoms with E-state index in [1.54, 1.807) is 6.20 Å². The quantitative estimate of drug-likeness (QED) is 0.748. The molecule has 0 amide bonds. The summed E-state index contributed by atoms with van der Waals surface area (Å²) in [5, 5.41) is 1.73. The second-order valence-electron chi connectivity index (χ2n) is 2.98. The van der Waals surface area contributed by atoms with E-state index < -0.39 is 0 Å². The average molecular weight is 249 g/mol. The van der Waals surface area contributed by atoms with Gasteiger partial charge in [-0.2, -0.15) is 0 Å². The van der Waals surface area contributed by atoms with Crippen molar-refractivity contribution in [2.24, 2.45) is 5.92 Å². The van der Waals surface area contributed by atoms with Crippen LogP contribution >= 0.6 is 27.5 Å². The van der Waals surface area contributed by atoms with Gasteiger partial charge < -0.3 is 0 Å². The fraction of sp³-hybridized carbons (Fsp3) is 0.444. The van der Waals surface area contributed by atoms with E-state index in [0.717, 1.165) is 11.8 Å². The molecule has 0 fully saturated rings. The summed E-state index contributed by atoms with van der Waals surface area (Å²) in [6.45, 7) is 2.19. The van der Waals surface area contributed by atoms with Gasteiger partial charge in [-0.3, -0.25) is 4.98 Å². The number of hydrogen-bond donors (Lipinski definition) is 0. The lowest BCUT2D eigenvalue weighted by Gasteiger charge is -2.06. The summed E-state index contributed by atoms with van der Waals surface area (Å²) in [5.74, 6) is 0.630. The van der Waals surface area contributed by atoms with Crippen molar-refractivity contribution in [2.45, 2.75) is 13.3 Å². The zero-order valence-corrected chi connectivity index (χ0v) is 9.27. The van der Waals surface area contributed by atoms with Gasteiger partial charge in [0.15, 0.2) is 0 Å². The largest absolute Gasteiger partial charge is 0.263 e. The Labute approximate surface area is 86.3 Å². The van der Waals surface area contributed by atoms with Crippen LogP contribution in [0.3, 0.4) is 0 Å². The lowest BCUT2D eigenvalue weighted by atomic mass is 10.1. The maximum absolute atomic E-state index is 5.80. The van der Waals surface area contributed by atoms with Crippen LogP contribution in [0.2, 0.25) is 5.02 Å². The third-order valence-electron chi connectivity index (χ3n) is 1.61. The van der Waals surface area contributed by atoms with Gasteiger partial charge in [-0.05, 0) is 24.0 Å². The van der Waals surface area contributed by atoms with Gasteiger partial charge in [0.1, 0.15) is 0 Å². The molecule has 0 aromatic carbocycles. The van der Waals surface area contributed by atoms with Gasteiger partial charge in [0.2, 0.25) is 0 Å². The predicted octanol–water partition coefficient (Wildman–Crippen LogP) is 3.31. The van der Waals surface area contributed by atoms with E-state index in [0.29, 0.717) is 10.9 Å². The Hall–Kier alpha value is -0.0800. The molecule has 0 radical (unpaired) electrons. The topological polar surface area (TPSA) is 12.9 Å². The number of nitrogens with zero attached hydrogens (tertiary/aromatic N) is 1. The van der Waals surface area contributed by atoms with E-state index in [4.69, 9.17) is 11.6 Å². The first-order valence-corrected chi connectivity index (χ1v) is 5.37. The summed E-state index contributed by atoms with van der Waals surface area (Å²) in [6.07, 6.45) is 4.55. The molecule has 1 rings (SSSR count). The highest BCUT2D eigenvalue weighted by Crippen LogP contribution is 2.13. The van der Waals surface area contributed by atoms with Crippen LogP contribution in [0.25, 0.3) is 0 Å². The van der Waals surface area contributed by atoms with Crippen LogP contribution in [-0.2, 0) is 6.42 Å². The highest BCUT2D eigenvalue weighted by Gasteiger charge is 2.02. The maximum Gasteiger partial charge on any atom is 0.0592 e. The second kappa shape index (κ2) is 4.83. The highest BCUT2D eigenvalue weighted by atomic mass is 79.9. The first-order chi connectivity index (χ1) is 5.72. The number of hydrogen-bond acceptors (Lipinski definition) is 1. The van der Waals surface area contributed by atoms with Gasteiger partial charge in [0, 0.05) is 17.7 Å². The number of aromatic nitrogens is 1. The monoisotopic (exact) mass is 247 g/mol. The van der Waals surface area contributed by atoms with Crippen molar-refractivity contribution >= 4 is 27.5 Å². The van der Waals surface area contributed by atoms with Gasteiger partial charge >= 0.3 is 0 Å². The molecule has 0 aliphatic carbocycles. The van der Waals surface area contributed by atoms with Crippen molar-refractivity contribution < 1.29 is 0 Å². The molecule has 0 spiro atoms. The molecule has 0 saturated carbocycles. The van der Waals surface area contributed by atoms with Crippen LogP contribution in [0.1, 0.15) is 12.5 Å². The summed E-state index contributed by atoms with van der Waals surface area (Å²) < 4.78 is 0. The zero-order valence-electron chi connectivity index (χ0n) is 6.93. The number of pyridine rings is 1. The molecule has 1 aromatic heterocycles. The molecule has 0 aliphatic rings. The number of rotatable bonds is 3. The van der Waals surface area contributed by atoms with Crippen LogP contribution in [-0.4, -0.2) is 10.3 Å². The minimum atomic E-state index is 0.630. The van der Waals surface area contributed by atoms with Crippen molar-refractivity contribution in [1.82, 2.24) is 4.98 Å². The number of halogens is 2. The Morgan fingerprint density at radius 1 is 1.58 bits per heavy atom. The molecular weight excluding hydrogens is 237 g/mol. The molecule has 0 aliphatic heterocycles. The Kier molecular flexibility index (Phi) is 4.02. The first-order valence-electron chi connectivity index (χ1n) is 3.87. The Balaban J connectivity index is 2.63.